The minimum Gasteiger partial charge on any atom is -0.350 e. The first-order valence-corrected chi connectivity index (χ1v) is 6.75. The lowest BCUT2D eigenvalue weighted by Gasteiger charge is -2.41. The van der Waals surface area contributed by atoms with E-state index in [0.717, 1.165) is 13.0 Å². The van der Waals surface area contributed by atoms with Gasteiger partial charge in [-0.25, -0.2) is 0 Å². The number of ether oxygens (including phenoxy) is 1. The van der Waals surface area contributed by atoms with Crippen LogP contribution in [-0.2, 0) is 10.3 Å². The Morgan fingerprint density at radius 2 is 1.42 bits per heavy atom. The molecule has 0 amide bonds. The van der Waals surface area contributed by atoms with Gasteiger partial charge in [0.05, 0.1) is 0 Å². The Labute approximate surface area is 114 Å². The Hall–Kier alpha value is -1.64. The van der Waals surface area contributed by atoms with Gasteiger partial charge in [0.2, 0.25) is 0 Å². The molecule has 0 spiro atoms. The zero-order chi connectivity index (χ0) is 13.1. The highest BCUT2D eigenvalue weighted by Gasteiger charge is 2.38. The van der Waals surface area contributed by atoms with E-state index >= 15 is 0 Å². The lowest BCUT2D eigenvalue weighted by Crippen LogP contribution is -2.43. The number of benzene rings is 2. The third-order valence-corrected chi connectivity index (χ3v) is 3.86. The highest BCUT2D eigenvalue weighted by atomic mass is 16.5. The van der Waals surface area contributed by atoms with Gasteiger partial charge in [0.1, 0.15) is 12.3 Å². The summed E-state index contributed by atoms with van der Waals surface area (Å²) in [5, 5.41) is 0. The van der Waals surface area contributed by atoms with Gasteiger partial charge in [-0.3, -0.25) is 4.90 Å². The van der Waals surface area contributed by atoms with Gasteiger partial charge in [0, 0.05) is 6.54 Å². The van der Waals surface area contributed by atoms with Crippen molar-refractivity contribution >= 4 is 0 Å². The standard InChI is InChI=1S/C17H19NO/c1-18-13-12-17(19-14-18,15-8-4-2-5-9-15)16-10-6-3-7-11-16/h2-11H,12-14H2,1H3. The molecule has 0 aromatic heterocycles. The maximum absolute atomic E-state index is 6.28. The second-order valence-electron chi connectivity index (χ2n) is 5.16. The quantitative estimate of drug-likeness (QED) is 0.814. The highest BCUT2D eigenvalue weighted by molar-refractivity contribution is 5.36. The molecular formula is C17H19NO. The van der Waals surface area contributed by atoms with Crippen molar-refractivity contribution in [3.8, 4) is 0 Å². The Morgan fingerprint density at radius 3 is 1.84 bits per heavy atom. The van der Waals surface area contributed by atoms with Gasteiger partial charge in [0.25, 0.3) is 0 Å². The van der Waals surface area contributed by atoms with Crippen LogP contribution in [0.4, 0.5) is 0 Å². The largest absolute Gasteiger partial charge is 0.350 e. The summed E-state index contributed by atoms with van der Waals surface area (Å²) in [4.78, 5) is 2.21. The maximum atomic E-state index is 6.28. The molecular weight excluding hydrogens is 234 g/mol. The van der Waals surface area contributed by atoms with E-state index in [1.54, 1.807) is 0 Å². The highest BCUT2D eigenvalue weighted by Crippen LogP contribution is 2.39. The lowest BCUT2D eigenvalue weighted by molar-refractivity contribution is -0.112. The molecule has 1 heterocycles. The normalized spacial score (nSPS) is 19.2. The summed E-state index contributed by atoms with van der Waals surface area (Å²) in [6.07, 6.45) is 0.984. The summed E-state index contributed by atoms with van der Waals surface area (Å²) in [6.45, 7) is 1.72. The second-order valence-corrected chi connectivity index (χ2v) is 5.16. The predicted octanol–water partition coefficient (Wildman–Crippen LogP) is 3.24. The van der Waals surface area contributed by atoms with Crippen LogP contribution >= 0.6 is 0 Å². The molecule has 2 heteroatoms. The molecule has 1 saturated heterocycles. The molecule has 2 aromatic carbocycles. The average Bonchev–Trinajstić information content (AvgIpc) is 2.50. The molecule has 0 N–H and O–H groups in total. The number of nitrogens with zero attached hydrogens (tertiary/aromatic N) is 1. The van der Waals surface area contributed by atoms with Gasteiger partial charge in [-0.2, -0.15) is 0 Å². The molecule has 1 aliphatic heterocycles. The van der Waals surface area contributed by atoms with Crippen molar-refractivity contribution in [2.24, 2.45) is 0 Å². The molecule has 0 aliphatic carbocycles. The molecule has 0 unspecified atom stereocenters. The van der Waals surface area contributed by atoms with Gasteiger partial charge in [0.15, 0.2) is 0 Å². The number of rotatable bonds is 2. The van der Waals surface area contributed by atoms with Gasteiger partial charge >= 0.3 is 0 Å². The van der Waals surface area contributed by atoms with Crippen molar-refractivity contribution in [1.29, 1.82) is 0 Å². The van der Waals surface area contributed by atoms with Gasteiger partial charge in [-0.15, -0.1) is 0 Å². The van der Waals surface area contributed by atoms with Gasteiger partial charge < -0.3 is 4.74 Å². The van der Waals surface area contributed by atoms with E-state index in [9.17, 15) is 0 Å². The molecule has 19 heavy (non-hydrogen) atoms. The zero-order valence-electron chi connectivity index (χ0n) is 11.3. The van der Waals surface area contributed by atoms with Crippen LogP contribution in [0, 0.1) is 0 Å². The first-order valence-electron chi connectivity index (χ1n) is 6.75. The first-order chi connectivity index (χ1) is 9.31. The first kappa shape index (κ1) is 12.4. The molecule has 3 rings (SSSR count). The summed E-state index contributed by atoms with van der Waals surface area (Å²) in [7, 11) is 2.10. The van der Waals surface area contributed by atoms with E-state index in [0.29, 0.717) is 6.73 Å². The number of hydrogen-bond donors (Lipinski definition) is 0. The Morgan fingerprint density at radius 1 is 0.895 bits per heavy atom. The predicted molar refractivity (Wildman–Crippen MR) is 76.9 cm³/mol. The molecule has 2 aromatic rings. The Bertz CT molecular complexity index is 474. The summed E-state index contributed by atoms with van der Waals surface area (Å²) in [5.41, 5.74) is 2.19. The van der Waals surface area contributed by atoms with Crippen molar-refractivity contribution in [3.63, 3.8) is 0 Å². The third kappa shape index (κ3) is 2.29. The van der Waals surface area contributed by atoms with Crippen molar-refractivity contribution in [1.82, 2.24) is 4.90 Å². The van der Waals surface area contributed by atoms with E-state index in [2.05, 4.69) is 72.6 Å². The minimum atomic E-state index is -0.297. The van der Waals surface area contributed by atoms with Crippen LogP contribution in [-0.4, -0.2) is 25.2 Å². The van der Waals surface area contributed by atoms with E-state index in [-0.39, 0.29) is 5.60 Å². The van der Waals surface area contributed by atoms with Crippen LogP contribution in [0.2, 0.25) is 0 Å². The lowest BCUT2D eigenvalue weighted by atomic mass is 9.82. The molecule has 2 nitrogen and oxygen atoms in total. The van der Waals surface area contributed by atoms with Crippen molar-refractivity contribution in [2.75, 3.05) is 20.3 Å². The van der Waals surface area contributed by atoms with Crippen molar-refractivity contribution in [3.05, 3.63) is 71.8 Å². The fraction of sp³-hybridized carbons (Fsp3) is 0.294. The topological polar surface area (TPSA) is 12.5 Å². The van der Waals surface area contributed by atoms with Gasteiger partial charge in [-0.05, 0) is 24.6 Å². The monoisotopic (exact) mass is 253 g/mol. The van der Waals surface area contributed by atoms with Crippen LogP contribution in [0.5, 0.6) is 0 Å². The van der Waals surface area contributed by atoms with Crippen LogP contribution in [0.3, 0.4) is 0 Å². The Balaban J connectivity index is 2.06. The molecule has 98 valence electrons. The molecule has 1 fully saturated rings. The summed E-state index contributed by atoms with van der Waals surface area (Å²) in [6, 6.07) is 21.1. The fourth-order valence-electron chi connectivity index (χ4n) is 2.74. The smallest absolute Gasteiger partial charge is 0.121 e. The molecule has 0 atom stereocenters. The Kier molecular flexibility index (Phi) is 3.36. The van der Waals surface area contributed by atoms with E-state index < -0.39 is 0 Å². The van der Waals surface area contributed by atoms with E-state index in [1.807, 2.05) is 0 Å². The SMILES string of the molecule is CN1CCC(c2ccccc2)(c2ccccc2)OC1. The van der Waals surface area contributed by atoms with Crippen molar-refractivity contribution in [2.45, 2.75) is 12.0 Å². The van der Waals surface area contributed by atoms with Crippen LogP contribution in [0.1, 0.15) is 17.5 Å². The second kappa shape index (κ2) is 5.16. The summed E-state index contributed by atoms with van der Waals surface area (Å²) >= 11 is 0. The van der Waals surface area contributed by atoms with Crippen molar-refractivity contribution < 1.29 is 4.74 Å². The van der Waals surface area contributed by atoms with E-state index in [1.165, 1.54) is 11.1 Å². The number of hydrogen-bond acceptors (Lipinski definition) is 2. The molecule has 0 saturated carbocycles. The fourth-order valence-corrected chi connectivity index (χ4v) is 2.74. The summed E-state index contributed by atoms with van der Waals surface area (Å²) in [5.74, 6) is 0. The van der Waals surface area contributed by atoms with Crippen LogP contribution in [0.25, 0.3) is 0 Å². The molecule has 0 bridgehead atoms. The maximum Gasteiger partial charge on any atom is 0.121 e. The van der Waals surface area contributed by atoms with E-state index in [4.69, 9.17) is 4.74 Å². The average molecular weight is 253 g/mol. The summed E-state index contributed by atoms with van der Waals surface area (Å²) < 4.78 is 6.28. The van der Waals surface area contributed by atoms with Crippen LogP contribution in [0.15, 0.2) is 60.7 Å². The van der Waals surface area contributed by atoms with Crippen LogP contribution < -0.4 is 0 Å². The molecule has 1 aliphatic rings. The van der Waals surface area contributed by atoms with Gasteiger partial charge in [-0.1, -0.05) is 60.7 Å². The minimum absolute atomic E-state index is 0.297. The zero-order valence-corrected chi connectivity index (χ0v) is 11.3. The molecule has 0 radical (unpaired) electrons. The third-order valence-electron chi connectivity index (χ3n) is 3.86.